The van der Waals surface area contributed by atoms with Crippen molar-refractivity contribution in [1.29, 1.82) is 0 Å². The van der Waals surface area contributed by atoms with Crippen molar-refractivity contribution >= 4 is 34.2 Å². The maximum atomic E-state index is 13.0. The van der Waals surface area contributed by atoms with Crippen LogP contribution in [0, 0.1) is 11.8 Å². The number of esters is 1. The zero-order valence-corrected chi connectivity index (χ0v) is 18.1. The molecule has 0 unspecified atom stereocenters. The molecular formula is C24H25NO5S. The lowest BCUT2D eigenvalue weighted by atomic mass is 9.82. The molecule has 0 spiro atoms. The van der Waals surface area contributed by atoms with Gasteiger partial charge in [0.1, 0.15) is 5.00 Å². The van der Waals surface area contributed by atoms with Crippen molar-refractivity contribution in [3.8, 4) is 0 Å². The van der Waals surface area contributed by atoms with Crippen LogP contribution in [-0.2, 0) is 27.2 Å². The second-order valence-electron chi connectivity index (χ2n) is 8.03. The fraction of sp³-hybridized carbons (Fsp3) is 0.375. The number of hydrogen-bond donors (Lipinski definition) is 2. The molecule has 162 valence electrons. The lowest BCUT2D eigenvalue weighted by Crippen LogP contribution is -2.34. The van der Waals surface area contributed by atoms with Gasteiger partial charge in [-0.05, 0) is 49.1 Å². The number of nitrogens with one attached hydrogen (secondary N) is 1. The smallest absolute Gasteiger partial charge is 0.341 e. The maximum absolute atomic E-state index is 13.0. The zero-order valence-electron chi connectivity index (χ0n) is 17.3. The predicted octanol–water partition coefficient (Wildman–Crippen LogP) is 4.41. The van der Waals surface area contributed by atoms with Crippen molar-refractivity contribution in [2.45, 2.75) is 38.0 Å². The van der Waals surface area contributed by atoms with Crippen molar-refractivity contribution in [1.82, 2.24) is 0 Å². The Balaban J connectivity index is 1.62. The standard InChI is InChI=1S/C24H25NO5S/c1-30-24(29)20-18-12-11-15(14-7-3-2-4-8-14)13-19(18)31-22(20)25-21(26)16-9-5-6-10-17(16)23(27)28/h2-8,15-17H,9-13H2,1H3,(H,25,26)(H,27,28)/t15-,16+,17-/m1/s1. The van der Waals surface area contributed by atoms with Gasteiger partial charge in [0.25, 0.3) is 0 Å². The number of carbonyl (C=O) groups is 3. The second-order valence-corrected chi connectivity index (χ2v) is 9.14. The molecule has 0 radical (unpaired) electrons. The minimum absolute atomic E-state index is 0.330. The van der Waals surface area contributed by atoms with Gasteiger partial charge in [-0.3, -0.25) is 9.59 Å². The molecule has 0 saturated heterocycles. The van der Waals surface area contributed by atoms with Gasteiger partial charge < -0.3 is 15.2 Å². The lowest BCUT2D eigenvalue weighted by molar-refractivity contribution is -0.146. The number of carboxylic acids is 1. The number of methoxy groups -OCH3 is 1. The molecule has 2 aliphatic rings. The molecule has 1 amide bonds. The van der Waals surface area contributed by atoms with Crippen LogP contribution in [0.1, 0.15) is 51.5 Å². The first-order chi connectivity index (χ1) is 15.0. The molecule has 2 aliphatic carbocycles. The SMILES string of the molecule is COC(=O)c1c(NC(=O)[C@H]2CC=CC[C@H]2C(=O)O)sc2c1CC[C@@H](c1ccccc1)C2. The topological polar surface area (TPSA) is 92.7 Å². The summed E-state index contributed by atoms with van der Waals surface area (Å²) >= 11 is 1.41. The number of rotatable bonds is 5. The van der Waals surface area contributed by atoms with Crippen LogP contribution in [0.2, 0.25) is 0 Å². The summed E-state index contributed by atoms with van der Waals surface area (Å²) in [5.74, 6) is -2.87. The van der Waals surface area contributed by atoms with E-state index in [4.69, 9.17) is 4.74 Å². The molecule has 2 aromatic rings. The summed E-state index contributed by atoms with van der Waals surface area (Å²) < 4.78 is 5.01. The number of allylic oxidation sites excluding steroid dienone is 2. The molecule has 0 aliphatic heterocycles. The molecule has 2 N–H and O–H groups in total. The molecule has 31 heavy (non-hydrogen) atoms. The van der Waals surface area contributed by atoms with Crippen molar-refractivity contribution < 1.29 is 24.2 Å². The van der Waals surface area contributed by atoms with E-state index >= 15 is 0 Å². The third-order valence-corrected chi connectivity index (χ3v) is 7.42. The van der Waals surface area contributed by atoms with Gasteiger partial charge >= 0.3 is 11.9 Å². The van der Waals surface area contributed by atoms with Gasteiger partial charge in [-0.15, -0.1) is 11.3 Å². The fourth-order valence-corrected chi connectivity index (χ4v) is 5.90. The molecule has 0 bridgehead atoms. The number of carboxylic acid groups (broad SMARTS) is 1. The van der Waals surface area contributed by atoms with Gasteiger partial charge in [-0.2, -0.15) is 0 Å². The fourth-order valence-electron chi connectivity index (χ4n) is 4.58. The van der Waals surface area contributed by atoms with E-state index in [1.807, 2.05) is 24.3 Å². The molecule has 1 aromatic heterocycles. The van der Waals surface area contributed by atoms with E-state index in [1.165, 1.54) is 24.0 Å². The number of amides is 1. The van der Waals surface area contributed by atoms with Crippen molar-refractivity contribution in [3.05, 3.63) is 64.1 Å². The third kappa shape index (κ3) is 4.28. The number of hydrogen-bond acceptors (Lipinski definition) is 5. The Kier molecular flexibility index (Phi) is 6.23. The summed E-state index contributed by atoms with van der Waals surface area (Å²) in [6, 6.07) is 10.3. The number of aliphatic carboxylic acids is 1. The van der Waals surface area contributed by atoms with E-state index in [1.54, 1.807) is 6.08 Å². The van der Waals surface area contributed by atoms with Crippen molar-refractivity contribution in [2.75, 3.05) is 12.4 Å². The minimum atomic E-state index is -0.978. The lowest BCUT2D eigenvalue weighted by Gasteiger charge is -2.24. The average molecular weight is 440 g/mol. The normalized spacial score (nSPS) is 22.4. The Labute approximate surface area is 184 Å². The van der Waals surface area contributed by atoms with E-state index in [0.29, 0.717) is 29.3 Å². The van der Waals surface area contributed by atoms with Gasteiger partial charge in [-0.1, -0.05) is 42.5 Å². The van der Waals surface area contributed by atoms with Crippen LogP contribution < -0.4 is 5.32 Å². The van der Waals surface area contributed by atoms with Crippen molar-refractivity contribution in [2.24, 2.45) is 11.8 Å². The van der Waals surface area contributed by atoms with E-state index < -0.39 is 23.8 Å². The summed E-state index contributed by atoms with van der Waals surface area (Å²) in [5, 5.41) is 12.8. The van der Waals surface area contributed by atoms with E-state index in [9.17, 15) is 19.5 Å². The summed E-state index contributed by atoms with van der Waals surface area (Å²) in [5.41, 5.74) is 2.63. The minimum Gasteiger partial charge on any atom is -0.481 e. The summed E-state index contributed by atoms with van der Waals surface area (Å²) in [6.45, 7) is 0. The number of anilines is 1. The van der Waals surface area contributed by atoms with E-state index in [0.717, 1.165) is 29.7 Å². The first-order valence-corrected chi connectivity index (χ1v) is 11.3. The molecular weight excluding hydrogens is 414 g/mol. The van der Waals surface area contributed by atoms with Crippen LogP contribution in [0.15, 0.2) is 42.5 Å². The highest BCUT2D eigenvalue weighted by molar-refractivity contribution is 7.17. The molecule has 6 nitrogen and oxygen atoms in total. The maximum Gasteiger partial charge on any atom is 0.341 e. The predicted molar refractivity (Wildman–Crippen MR) is 118 cm³/mol. The Morgan fingerprint density at radius 3 is 2.48 bits per heavy atom. The number of benzene rings is 1. The Hall–Kier alpha value is -2.93. The summed E-state index contributed by atoms with van der Waals surface area (Å²) in [4.78, 5) is 38.2. The van der Waals surface area contributed by atoms with Crippen LogP contribution in [-0.4, -0.2) is 30.1 Å². The van der Waals surface area contributed by atoms with Crippen LogP contribution in [0.5, 0.6) is 0 Å². The number of thiophene rings is 1. The third-order valence-electron chi connectivity index (χ3n) is 6.25. The number of ether oxygens (including phenoxy) is 1. The molecule has 7 heteroatoms. The van der Waals surface area contributed by atoms with E-state index in [-0.39, 0.29) is 5.91 Å². The van der Waals surface area contributed by atoms with Gasteiger partial charge in [0.05, 0.1) is 24.5 Å². The van der Waals surface area contributed by atoms with Gasteiger partial charge in [0.2, 0.25) is 5.91 Å². The summed E-state index contributed by atoms with van der Waals surface area (Å²) in [7, 11) is 1.33. The highest BCUT2D eigenvalue weighted by atomic mass is 32.1. The van der Waals surface area contributed by atoms with Crippen LogP contribution in [0.3, 0.4) is 0 Å². The average Bonchev–Trinajstić information content (AvgIpc) is 3.16. The zero-order chi connectivity index (χ0) is 22.0. The van der Waals surface area contributed by atoms with Crippen molar-refractivity contribution in [3.63, 3.8) is 0 Å². The Morgan fingerprint density at radius 2 is 1.81 bits per heavy atom. The molecule has 4 rings (SSSR count). The van der Waals surface area contributed by atoms with Crippen LogP contribution in [0.25, 0.3) is 0 Å². The monoisotopic (exact) mass is 439 g/mol. The largest absolute Gasteiger partial charge is 0.481 e. The Morgan fingerprint density at radius 1 is 1.10 bits per heavy atom. The van der Waals surface area contributed by atoms with Gasteiger partial charge in [0, 0.05) is 4.88 Å². The molecule has 1 heterocycles. The molecule has 1 aromatic carbocycles. The van der Waals surface area contributed by atoms with Gasteiger partial charge in [0.15, 0.2) is 0 Å². The quantitative estimate of drug-likeness (QED) is 0.532. The highest BCUT2D eigenvalue weighted by Crippen LogP contribution is 2.43. The van der Waals surface area contributed by atoms with Crippen LogP contribution in [0.4, 0.5) is 5.00 Å². The molecule has 0 fully saturated rings. The first-order valence-electron chi connectivity index (χ1n) is 10.5. The second kappa shape index (κ2) is 9.06. The first kappa shape index (κ1) is 21.3. The summed E-state index contributed by atoms with van der Waals surface area (Å²) in [6.07, 6.45) is 6.79. The number of fused-ring (bicyclic) bond motifs is 1. The van der Waals surface area contributed by atoms with E-state index in [2.05, 4.69) is 17.4 Å². The molecule has 0 saturated carbocycles. The van der Waals surface area contributed by atoms with Gasteiger partial charge in [-0.25, -0.2) is 4.79 Å². The highest BCUT2D eigenvalue weighted by Gasteiger charge is 2.36. The van der Waals surface area contributed by atoms with Crippen LogP contribution >= 0.6 is 11.3 Å². The molecule has 3 atom stereocenters. The Bertz CT molecular complexity index is 1030. The number of carbonyl (C=O) groups excluding carboxylic acids is 2.